The van der Waals surface area contributed by atoms with E-state index in [9.17, 15) is 4.79 Å². The topological polar surface area (TPSA) is 38.3 Å². The van der Waals surface area contributed by atoms with Gasteiger partial charge in [0.2, 0.25) is 0 Å². The number of amides is 1. The zero-order valence-electron chi connectivity index (χ0n) is 15.2. The Kier molecular flexibility index (Phi) is 5.16. The molecule has 4 rings (SSSR count). The first-order valence-electron chi connectivity index (χ1n) is 9.08. The number of benzene rings is 4. The van der Waals surface area contributed by atoms with Crippen molar-refractivity contribution in [2.75, 3.05) is 5.32 Å². The third-order valence-corrected chi connectivity index (χ3v) is 4.32. The van der Waals surface area contributed by atoms with E-state index in [4.69, 9.17) is 4.74 Å². The summed E-state index contributed by atoms with van der Waals surface area (Å²) in [7, 11) is 0. The molecule has 136 valence electrons. The van der Waals surface area contributed by atoms with Gasteiger partial charge in [0.25, 0.3) is 5.91 Å². The van der Waals surface area contributed by atoms with Crippen LogP contribution in [0.3, 0.4) is 0 Å². The van der Waals surface area contributed by atoms with Crippen LogP contribution < -0.4 is 10.1 Å². The molecule has 1 amide bonds. The molecule has 3 nitrogen and oxygen atoms in total. The molecule has 0 unspecified atom stereocenters. The van der Waals surface area contributed by atoms with Crippen molar-refractivity contribution in [3.63, 3.8) is 0 Å². The SMILES string of the molecule is O=C(Nc1ccc(Oc2ccccc2)cc1)c1cccc(-c2ccccc2)c1. The predicted molar refractivity (Wildman–Crippen MR) is 113 cm³/mol. The van der Waals surface area contributed by atoms with Crippen molar-refractivity contribution in [3.8, 4) is 22.6 Å². The fraction of sp³-hybridized carbons (Fsp3) is 0. The van der Waals surface area contributed by atoms with Gasteiger partial charge < -0.3 is 10.1 Å². The zero-order valence-corrected chi connectivity index (χ0v) is 15.2. The molecule has 4 aromatic carbocycles. The van der Waals surface area contributed by atoms with E-state index >= 15 is 0 Å². The van der Waals surface area contributed by atoms with E-state index in [-0.39, 0.29) is 5.91 Å². The van der Waals surface area contributed by atoms with Gasteiger partial charge in [-0.25, -0.2) is 0 Å². The molecule has 1 N–H and O–H groups in total. The molecular formula is C25H19NO2. The average molecular weight is 365 g/mol. The Morgan fingerprint density at radius 1 is 0.607 bits per heavy atom. The number of hydrogen-bond donors (Lipinski definition) is 1. The molecule has 0 aliphatic carbocycles. The second kappa shape index (κ2) is 8.23. The lowest BCUT2D eigenvalue weighted by Crippen LogP contribution is -2.11. The predicted octanol–water partition coefficient (Wildman–Crippen LogP) is 6.40. The second-order valence-corrected chi connectivity index (χ2v) is 6.34. The lowest BCUT2D eigenvalue weighted by atomic mass is 10.0. The van der Waals surface area contributed by atoms with Crippen LogP contribution in [-0.4, -0.2) is 5.91 Å². The van der Waals surface area contributed by atoms with Crippen molar-refractivity contribution in [2.45, 2.75) is 0 Å². The van der Waals surface area contributed by atoms with Crippen LogP contribution in [0.15, 0.2) is 109 Å². The molecule has 0 aliphatic rings. The average Bonchev–Trinajstić information content (AvgIpc) is 2.76. The second-order valence-electron chi connectivity index (χ2n) is 6.34. The highest BCUT2D eigenvalue weighted by Gasteiger charge is 2.08. The molecule has 0 saturated carbocycles. The standard InChI is InChI=1S/C25H19NO2/c27-25(21-11-7-10-20(18-21)19-8-3-1-4-9-19)26-22-14-16-24(17-15-22)28-23-12-5-2-6-13-23/h1-18H,(H,26,27). The van der Waals surface area contributed by atoms with E-state index in [1.165, 1.54) is 0 Å². The van der Waals surface area contributed by atoms with Crippen molar-refractivity contribution >= 4 is 11.6 Å². The molecule has 0 radical (unpaired) electrons. The number of para-hydroxylation sites is 1. The van der Waals surface area contributed by atoms with E-state index in [1.807, 2.05) is 109 Å². The van der Waals surface area contributed by atoms with Gasteiger partial charge in [0, 0.05) is 11.3 Å². The minimum Gasteiger partial charge on any atom is -0.457 e. The molecular weight excluding hydrogens is 346 g/mol. The number of anilines is 1. The zero-order chi connectivity index (χ0) is 19.2. The third kappa shape index (κ3) is 4.27. The Balaban J connectivity index is 1.45. The third-order valence-electron chi connectivity index (χ3n) is 4.32. The van der Waals surface area contributed by atoms with Crippen molar-refractivity contribution < 1.29 is 9.53 Å². The fourth-order valence-electron chi connectivity index (χ4n) is 2.90. The Bertz CT molecular complexity index is 1060. The van der Waals surface area contributed by atoms with E-state index < -0.39 is 0 Å². The molecule has 0 fully saturated rings. The first-order valence-corrected chi connectivity index (χ1v) is 9.08. The van der Waals surface area contributed by atoms with Gasteiger partial charge in [0.05, 0.1) is 0 Å². The van der Waals surface area contributed by atoms with Crippen LogP contribution in [0.2, 0.25) is 0 Å². The monoisotopic (exact) mass is 365 g/mol. The molecule has 0 atom stereocenters. The van der Waals surface area contributed by atoms with Crippen LogP contribution in [0.5, 0.6) is 11.5 Å². The first-order chi connectivity index (χ1) is 13.8. The normalized spacial score (nSPS) is 10.3. The maximum Gasteiger partial charge on any atom is 0.255 e. The summed E-state index contributed by atoms with van der Waals surface area (Å²) in [5, 5.41) is 2.93. The van der Waals surface area contributed by atoms with Gasteiger partial charge in [0.15, 0.2) is 0 Å². The van der Waals surface area contributed by atoms with Crippen molar-refractivity contribution in [1.82, 2.24) is 0 Å². The summed E-state index contributed by atoms with van der Waals surface area (Å²) in [6.07, 6.45) is 0. The van der Waals surface area contributed by atoms with E-state index in [1.54, 1.807) is 0 Å². The largest absolute Gasteiger partial charge is 0.457 e. The highest BCUT2D eigenvalue weighted by Crippen LogP contribution is 2.24. The quantitative estimate of drug-likeness (QED) is 0.444. The van der Waals surface area contributed by atoms with Crippen LogP contribution in [0.25, 0.3) is 11.1 Å². The van der Waals surface area contributed by atoms with Gasteiger partial charge in [-0.2, -0.15) is 0 Å². The number of ether oxygens (including phenoxy) is 1. The lowest BCUT2D eigenvalue weighted by Gasteiger charge is -2.09. The van der Waals surface area contributed by atoms with Gasteiger partial charge in [-0.05, 0) is 59.7 Å². The maximum atomic E-state index is 12.6. The summed E-state index contributed by atoms with van der Waals surface area (Å²) in [6.45, 7) is 0. The van der Waals surface area contributed by atoms with Crippen LogP contribution in [0, 0.1) is 0 Å². The molecule has 28 heavy (non-hydrogen) atoms. The summed E-state index contributed by atoms with van der Waals surface area (Å²) >= 11 is 0. The fourth-order valence-corrected chi connectivity index (χ4v) is 2.90. The summed E-state index contributed by atoms with van der Waals surface area (Å²) in [4.78, 5) is 12.6. The number of carbonyl (C=O) groups is 1. The van der Waals surface area contributed by atoms with Crippen LogP contribution >= 0.6 is 0 Å². The van der Waals surface area contributed by atoms with Gasteiger partial charge in [0.1, 0.15) is 11.5 Å². The summed E-state index contributed by atoms with van der Waals surface area (Å²) in [5.74, 6) is 1.35. The number of rotatable bonds is 5. The first kappa shape index (κ1) is 17.6. The molecule has 0 heterocycles. The lowest BCUT2D eigenvalue weighted by molar-refractivity contribution is 0.102. The molecule has 0 aromatic heterocycles. The van der Waals surface area contributed by atoms with Crippen LogP contribution in [0.4, 0.5) is 5.69 Å². The maximum absolute atomic E-state index is 12.6. The molecule has 3 heteroatoms. The number of nitrogens with one attached hydrogen (secondary N) is 1. The number of carbonyl (C=O) groups excluding carboxylic acids is 1. The molecule has 0 saturated heterocycles. The smallest absolute Gasteiger partial charge is 0.255 e. The molecule has 4 aromatic rings. The van der Waals surface area contributed by atoms with Crippen LogP contribution in [0.1, 0.15) is 10.4 Å². The highest BCUT2D eigenvalue weighted by molar-refractivity contribution is 6.05. The van der Waals surface area contributed by atoms with Gasteiger partial charge in [-0.3, -0.25) is 4.79 Å². The Morgan fingerprint density at radius 3 is 1.93 bits per heavy atom. The van der Waals surface area contributed by atoms with Gasteiger partial charge in [-0.1, -0.05) is 60.7 Å². The van der Waals surface area contributed by atoms with E-state index in [0.717, 1.165) is 28.3 Å². The minimum atomic E-state index is -0.144. The Morgan fingerprint density at radius 2 is 1.21 bits per heavy atom. The van der Waals surface area contributed by atoms with Crippen LogP contribution in [-0.2, 0) is 0 Å². The Labute approximate surface area is 164 Å². The number of hydrogen-bond acceptors (Lipinski definition) is 2. The molecule has 0 bridgehead atoms. The highest BCUT2D eigenvalue weighted by atomic mass is 16.5. The summed E-state index contributed by atoms with van der Waals surface area (Å²) < 4.78 is 5.77. The molecule has 0 spiro atoms. The summed E-state index contributed by atoms with van der Waals surface area (Å²) in [6, 6.07) is 34.5. The van der Waals surface area contributed by atoms with Crippen molar-refractivity contribution in [1.29, 1.82) is 0 Å². The minimum absolute atomic E-state index is 0.144. The summed E-state index contributed by atoms with van der Waals surface area (Å²) in [5.41, 5.74) is 3.43. The van der Waals surface area contributed by atoms with E-state index in [2.05, 4.69) is 5.32 Å². The van der Waals surface area contributed by atoms with Gasteiger partial charge in [-0.15, -0.1) is 0 Å². The van der Waals surface area contributed by atoms with Gasteiger partial charge >= 0.3 is 0 Å². The molecule has 0 aliphatic heterocycles. The van der Waals surface area contributed by atoms with Crippen molar-refractivity contribution in [2.24, 2.45) is 0 Å². The van der Waals surface area contributed by atoms with Crippen molar-refractivity contribution in [3.05, 3.63) is 115 Å². The van der Waals surface area contributed by atoms with E-state index in [0.29, 0.717) is 5.56 Å². The Hall–Kier alpha value is -3.85.